The average molecular weight is 451 g/mol. The summed E-state index contributed by atoms with van der Waals surface area (Å²) in [6.07, 6.45) is 0. The highest BCUT2D eigenvalue weighted by Crippen LogP contribution is 2.43. The number of nitrogens with one attached hydrogen (secondary N) is 2. The van der Waals surface area contributed by atoms with Crippen molar-refractivity contribution in [1.29, 1.82) is 0 Å². The second kappa shape index (κ2) is 8.01. The van der Waals surface area contributed by atoms with E-state index in [1.807, 2.05) is 60.7 Å². The number of benzene rings is 3. The van der Waals surface area contributed by atoms with E-state index < -0.39 is 0 Å². The van der Waals surface area contributed by atoms with E-state index >= 15 is 0 Å². The van der Waals surface area contributed by atoms with Crippen LogP contribution in [-0.2, 0) is 4.79 Å². The van der Waals surface area contributed by atoms with Crippen molar-refractivity contribution in [3.05, 3.63) is 82.3 Å². The molecule has 0 saturated heterocycles. The summed E-state index contributed by atoms with van der Waals surface area (Å²) in [7, 11) is 3.15. The second-order valence-corrected chi connectivity index (χ2v) is 7.37. The molecular formula is C23H19BrN2O3. The molecule has 0 aliphatic carbocycles. The Morgan fingerprint density at radius 1 is 0.931 bits per heavy atom. The number of ether oxygens (including phenoxy) is 2. The molecule has 1 aliphatic heterocycles. The molecule has 0 atom stereocenters. The minimum absolute atomic E-state index is 0.182. The Balaban J connectivity index is 1.91. The highest BCUT2D eigenvalue weighted by Gasteiger charge is 2.30. The summed E-state index contributed by atoms with van der Waals surface area (Å²) >= 11 is 3.45. The monoisotopic (exact) mass is 450 g/mol. The molecule has 6 heteroatoms. The SMILES string of the molecule is COc1cc2c(cc1OC)/C(=C(/Nc1ccc(Br)cc1)c1ccccc1)C(=O)N2. The van der Waals surface area contributed by atoms with E-state index in [-0.39, 0.29) is 5.91 Å². The van der Waals surface area contributed by atoms with Crippen LogP contribution in [-0.4, -0.2) is 20.1 Å². The van der Waals surface area contributed by atoms with Crippen molar-refractivity contribution in [2.24, 2.45) is 0 Å². The van der Waals surface area contributed by atoms with Crippen molar-refractivity contribution in [2.75, 3.05) is 24.9 Å². The molecule has 146 valence electrons. The molecule has 1 amide bonds. The van der Waals surface area contributed by atoms with Crippen LogP contribution in [0.15, 0.2) is 71.2 Å². The summed E-state index contributed by atoms with van der Waals surface area (Å²) in [6.45, 7) is 0. The molecule has 2 N–H and O–H groups in total. The zero-order valence-electron chi connectivity index (χ0n) is 16.0. The lowest BCUT2D eigenvalue weighted by molar-refractivity contribution is -0.110. The van der Waals surface area contributed by atoms with Crippen LogP contribution < -0.4 is 20.1 Å². The smallest absolute Gasteiger partial charge is 0.258 e. The Morgan fingerprint density at radius 2 is 1.59 bits per heavy atom. The van der Waals surface area contributed by atoms with Crippen LogP contribution in [0.25, 0.3) is 11.3 Å². The Kier molecular flexibility index (Phi) is 5.27. The van der Waals surface area contributed by atoms with Gasteiger partial charge in [-0.25, -0.2) is 0 Å². The maximum atomic E-state index is 13.0. The number of halogens is 1. The molecule has 29 heavy (non-hydrogen) atoms. The number of hydrogen-bond donors (Lipinski definition) is 2. The van der Waals surface area contributed by atoms with E-state index in [1.54, 1.807) is 20.3 Å². The predicted molar refractivity (Wildman–Crippen MR) is 119 cm³/mol. The number of amides is 1. The molecule has 0 fully saturated rings. The summed E-state index contributed by atoms with van der Waals surface area (Å²) in [4.78, 5) is 13.0. The fraction of sp³-hybridized carbons (Fsp3) is 0.0870. The van der Waals surface area contributed by atoms with Crippen LogP contribution >= 0.6 is 15.9 Å². The second-order valence-electron chi connectivity index (χ2n) is 6.45. The molecular weight excluding hydrogens is 432 g/mol. The van der Waals surface area contributed by atoms with Gasteiger partial charge in [-0.1, -0.05) is 46.3 Å². The number of hydrogen-bond acceptors (Lipinski definition) is 4. The third kappa shape index (κ3) is 3.71. The summed E-state index contributed by atoms with van der Waals surface area (Å²) in [5.74, 6) is 0.949. The first-order valence-electron chi connectivity index (χ1n) is 9.00. The van der Waals surface area contributed by atoms with Crippen molar-refractivity contribution < 1.29 is 14.3 Å². The molecule has 0 bridgehead atoms. The van der Waals surface area contributed by atoms with E-state index in [9.17, 15) is 4.79 Å². The molecule has 5 nitrogen and oxygen atoms in total. The zero-order valence-corrected chi connectivity index (χ0v) is 17.5. The number of anilines is 2. The Morgan fingerprint density at radius 3 is 2.24 bits per heavy atom. The van der Waals surface area contributed by atoms with E-state index in [1.165, 1.54) is 0 Å². The predicted octanol–water partition coefficient (Wildman–Crippen LogP) is 5.40. The van der Waals surface area contributed by atoms with Gasteiger partial charge >= 0.3 is 0 Å². The van der Waals surface area contributed by atoms with E-state index in [0.29, 0.717) is 22.8 Å². The van der Waals surface area contributed by atoms with E-state index in [2.05, 4.69) is 26.6 Å². The first-order chi connectivity index (χ1) is 14.1. The van der Waals surface area contributed by atoms with Crippen molar-refractivity contribution in [3.8, 4) is 11.5 Å². The maximum Gasteiger partial charge on any atom is 0.258 e. The van der Waals surface area contributed by atoms with Crippen molar-refractivity contribution in [2.45, 2.75) is 0 Å². The number of carbonyl (C=O) groups is 1. The normalized spacial score (nSPS) is 14.1. The van der Waals surface area contributed by atoms with Gasteiger partial charge in [-0.3, -0.25) is 4.79 Å². The molecule has 1 aliphatic rings. The third-order valence-electron chi connectivity index (χ3n) is 4.69. The molecule has 4 rings (SSSR count). The fourth-order valence-corrected chi connectivity index (χ4v) is 3.57. The molecule has 3 aromatic rings. The Bertz CT molecular complexity index is 1090. The lowest BCUT2D eigenvalue weighted by atomic mass is 9.99. The van der Waals surface area contributed by atoms with Crippen molar-refractivity contribution in [1.82, 2.24) is 0 Å². The molecule has 0 spiro atoms. The molecule has 0 unspecified atom stereocenters. The number of methoxy groups -OCH3 is 2. The Labute approximate surface area is 177 Å². The maximum absolute atomic E-state index is 13.0. The van der Waals surface area contributed by atoms with Gasteiger partial charge in [0.1, 0.15) is 0 Å². The van der Waals surface area contributed by atoms with Gasteiger partial charge in [-0.15, -0.1) is 0 Å². The van der Waals surface area contributed by atoms with Crippen LogP contribution in [0.5, 0.6) is 11.5 Å². The first-order valence-corrected chi connectivity index (χ1v) is 9.80. The van der Waals surface area contributed by atoms with E-state index in [4.69, 9.17) is 9.47 Å². The molecule has 3 aromatic carbocycles. The van der Waals surface area contributed by atoms with Crippen LogP contribution in [0.4, 0.5) is 11.4 Å². The highest BCUT2D eigenvalue weighted by atomic mass is 79.9. The minimum Gasteiger partial charge on any atom is -0.493 e. The molecule has 1 heterocycles. The largest absolute Gasteiger partial charge is 0.493 e. The third-order valence-corrected chi connectivity index (χ3v) is 5.22. The summed E-state index contributed by atoms with van der Waals surface area (Å²) in [5, 5.41) is 6.37. The van der Waals surface area contributed by atoms with Gasteiger partial charge in [0.25, 0.3) is 5.91 Å². The van der Waals surface area contributed by atoms with Gasteiger partial charge in [-0.05, 0) is 35.9 Å². The van der Waals surface area contributed by atoms with Gasteiger partial charge < -0.3 is 20.1 Å². The topological polar surface area (TPSA) is 59.6 Å². The van der Waals surface area contributed by atoms with Gasteiger partial charge in [-0.2, -0.15) is 0 Å². The van der Waals surface area contributed by atoms with Crippen LogP contribution in [0.3, 0.4) is 0 Å². The molecule has 0 saturated carbocycles. The lowest BCUT2D eigenvalue weighted by Gasteiger charge is -2.15. The average Bonchev–Trinajstić information content (AvgIpc) is 3.07. The first kappa shape index (κ1) is 19.1. The number of carbonyl (C=O) groups excluding carboxylic acids is 1. The standard InChI is InChI=1S/C23H19BrN2O3/c1-28-19-12-17-18(13-20(19)29-2)26-23(27)21(17)22(14-6-4-3-5-7-14)25-16-10-8-15(24)9-11-16/h3-13,25H,1-2H3,(H,26,27)/b22-21-. The van der Waals surface area contributed by atoms with Gasteiger partial charge in [0, 0.05) is 21.8 Å². The van der Waals surface area contributed by atoms with Crippen LogP contribution in [0, 0.1) is 0 Å². The lowest BCUT2D eigenvalue weighted by Crippen LogP contribution is -2.10. The highest BCUT2D eigenvalue weighted by molar-refractivity contribution is 9.10. The van der Waals surface area contributed by atoms with Gasteiger partial charge in [0.2, 0.25) is 0 Å². The minimum atomic E-state index is -0.182. The molecule has 0 aromatic heterocycles. The van der Waals surface area contributed by atoms with Crippen molar-refractivity contribution in [3.63, 3.8) is 0 Å². The number of fused-ring (bicyclic) bond motifs is 1. The van der Waals surface area contributed by atoms with Gasteiger partial charge in [0.05, 0.1) is 31.2 Å². The van der Waals surface area contributed by atoms with Crippen LogP contribution in [0.1, 0.15) is 11.1 Å². The van der Waals surface area contributed by atoms with Gasteiger partial charge in [0.15, 0.2) is 11.5 Å². The zero-order chi connectivity index (χ0) is 20.4. The Hall–Kier alpha value is -3.25. The molecule has 0 radical (unpaired) electrons. The quantitative estimate of drug-likeness (QED) is 0.510. The number of rotatable bonds is 5. The fourth-order valence-electron chi connectivity index (χ4n) is 3.31. The van der Waals surface area contributed by atoms with Crippen LogP contribution in [0.2, 0.25) is 0 Å². The van der Waals surface area contributed by atoms with E-state index in [0.717, 1.165) is 27.0 Å². The summed E-state index contributed by atoms with van der Waals surface area (Å²) in [6, 6.07) is 21.2. The summed E-state index contributed by atoms with van der Waals surface area (Å²) in [5.41, 5.74) is 4.50. The van der Waals surface area contributed by atoms with Crippen molar-refractivity contribution >= 4 is 44.5 Å². The summed E-state index contributed by atoms with van der Waals surface area (Å²) < 4.78 is 11.8.